The average molecular weight is 366 g/mol. The second-order valence-corrected chi connectivity index (χ2v) is 5.47. The van der Waals surface area contributed by atoms with Crippen LogP contribution >= 0.6 is 0 Å². The van der Waals surface area contributed by atoms with Crippen LogP contribution in [-0.4, -0.2) is 29.2 Å². The Bertz CT molecular complexity index is 1090. The second kappa shape index (κ2) is 7.05. The second-order valence-electron chi connectivity index (χ2n) is 5.47. The molecule has 3 aromatic rings. The van der Waals surface area contributed by atoms with E-state index in [1.54, 1.807) is 18.2 Å². The van der Waals surface area contributed by atoms with Gasteiger partial charge in [0.25, 0.3) is 5.69 Å². The number of hydrogen-bond acceptors (Lipinski definition) is 8. The summed E-state index contributed by atoms with van der Waals surface area (Å²) in [5.41, 5.74) is 0.826. The molecule has 0 aliphatic rings. The van der Waals surface area contributed by atoms with E-state index in [1.165, 1.54) is 32.5 Å². The number of fused-ring (bicyclic) bond motifs is 1. The number of non-ortho nitro benzene ring substituents is 1. The third-order valence-electron chi connectivity index (χ3n) is 3.93. The summed E-state index contributed by atoms with van der Waals surface area (Å²) >= 11 is 0. The number of nitro benzene ring substituents is 1. The van der Waals surface area contributed by atoms with Crippen LogP contribution in [0.1, 0.15) is 5.56 Å². The Morgan fingerprint density at radius 2 is 2.04 bits per heavy atom. The number of hydrogen-bond donors (Lipinski definition) is 2. The average Bonchev–Trinajstić information content (AvgIpc) is 2.67. The number of methoxy groups -OCH3 is 2. The maximum atomic E-state index is 11.4. The highest BCUT2D eigenvalue weighted by Gasteiger charge is 2.20. The molecule has 1 aromatic heterocycles. The molecule has 1 heterocycles. The maximum Gasteiger partial charge on any atom is 0.299 e. The first kappa shape index (κ1) is 17.8. The molecule has 0 radical (unpaired) electrons. The quantitative estimate of drug-likeness (QED) is 0.518. The van der Waals surface area contributed by atoms with E-state index in [1.807, 2.05) is 6.07 Å². The smallest absolute Gasteiger partial charge is 0.299 e. The van der Waals surface area contributed by atoms with Gasteiger partial charge in [-0.25, -0.2) is 4.98 Å². The van der Waals surface area contributed by atoms with Crippen molar-refractivity contribution in [3.63, 3.8) is 0 Å². The van der Waals surface area contributed by atoms with Crippen molar-refractivity contribution in [2.45, 2.75) is 0 Å². The molecule has 27 heavy (non-hydrogen) atoms. The molecule has 0 unspecified atom stereocenters. The van der Waals surface area contributed by atoms with Crippen molar-refractivity contribution in [1.29, 1.82) is 5.26 Å². The summed E-state index contributed by atoms with van der Waals surface area (Å²) in [4.78, 5) is 14.9. The SMILES string of the molecule is COc1cc([N+](=O)[O-])c2ncc(C#N)c(Nc3ccc(OC)c(O)c3)c2c1. The van der Waals surface area contributed by atoms with E-state index in [0.29, 0.717) is 16.8 Å². The molecule has 0 aliphatic heterocycles. The third-order valence-corrected chi connectivity index (χ3v) is 3.93. The van der Waals surface area contributed by atoms with Crippen LogP contribution in [0, 0.1) is 21.4 Å². The van der Waals surface area contributed by atoms with Gasteiger partial charge in [-0.05, 0) is 18.2 Å². The van der Waals surface area contributed by atoms with E-state index in [-0.39, 0.29) is 34.0 Å². The minimum absolute atomic E-state index is 0.0945. The van der Waals surface area contributed by atoms with Gasteiger partial charge in [0.2, 0.25) is 0 Å². The van der Waals surface area contributed by atoms with Crippen LogP contribution in [0.15, 0.2) is 36.5 Å². The lowest BCUT2D eigenvalue weighted by molar-refractivity contribution is -0.383. The lowest BCUT2D eigenvalue weighted by Crippen LogP contribution is -2.00. The van der Waals surface area contributed by atoms with Gasteiger partial charge in [0.1, 0.15) is 11.8 Å². The maximum absolute atomic E-state index is 11.4. The first-order chi connectivity index (χ1) is 13.0. The van der Waals surface area contributed by atoms with Crippen molar-refractivity contribution < 1.29 is 19.5 Å². The first-order valence-corrected chi connectivity index (χ1v) is 7.67. The summed E-state index contributed by atoms with van der Waals surface area (Å²) in [5, 5.41) is 34.2. The predicted molar refractivity (Wildman–Crippen MR) is 97.6 cm³/mol. The molecule has 0 saturated carbocycles. The summed E-state index contributed by atoms with van der Waals surface area (Å²) in [6, 6.07) is 9.44. The van der Waals surface area contributed by atoms with Crippen molar-refractivity contribution in [2.75, 3.05) is 19.5 Å². The number of ether oxygens (including phenoxy) is 2. The Labute approximate surface area is 153 Å². The van der Waals surface area contributed by atoms with E-state index in [2.05, 4.69) is 10.3 Å². The minimum atomic E-state index is -0.563. The van der Waals surface area contributed by atoms with Gasteiger partial charge in [-0.15, -0.1) is 0 Å². The highest BCUT2D eigenvalue weighted by Crippen LogP contribution is 2.37. The molecule has 0 saturated heterocycles. The van der Waals surface area contributed by atoms with Crippen molar-refractivity contribution in [3.05, 3.63) is 52.2 Å². The Morgan fingerprint density at radius 1 is 1.26 bits per heavy atom. The molecule has 136 valence electrons. The number of anilines is 2. The largest absolute Gasteiger partial charge is 0.504 e. The number of aromatic nitrogens is 1. The highest BCUT2D eigenvalue weighted by molar-refractivity contribution is 6.01. The Hall–Kier alpha value is -4.06. The highest BCUT2D eigenvalue weighted by atomic mass is 16.6. The van der Waals surface area contributed by atoms with Gasteiger partial charge in [-0.3, -0.25) is 10.1 Å². The van der Waals surface area contributed by atoms with Gasteiger partial charge in [0.15, 0.2) is 17.0 Å². The number of nitro groups is 1. The molecule has 9 nitrogen and oxygen atoms in total. The molecule has 2 aromatic carbocycles. The summed E-state index contributed by atoms with van der Waals surface area (Å²) in [7, 11) is 2.82. The zero-order valence-corrected chi connectivity index (χ0v) is 14.4. The zero-order chi connectivity index (χ0) is 19.6. The number of nitriles is 1. The van der Waals surface area contributed by atoms with Crippen LogP contribution < -0.4 is 14.8 Å². The number of phenolic OH excluding ortho intramolecular Hbond substituents is 1. The standard InChI is InChI=1S/C18H14N4O5/c1-26-12-6-13-17(21-11-3-4-16(27-2)15(23)5-11)10(8-19)9-20-18(13)14(7-12)22(24)25/h3-7,9,23H,1-2H3,(H,20,21). The van der Waals surface area contributed by atoms with Gasteiger partial charge in [-0.2, -0.15) is 5.26 Å². The Morgan fingerprint density at radius 3 is 2.63 bits per heavy atom. The zero-order valence-electron chi connectivity index (χ0n) is 14.4. The fourth-order valence-electron chi connectivity index (χ4n) is 2.65. The number of rotatable bonds is 5. The van der Waals surface area contributed by atoms with Crippen molar-refractivity contribution in [3.8, 4) is 23.3 Å². The van der Waals surface area contributed by atoms with Crippen LogP contribution in [0.2, 0.25) is 0 Å². The van der Waals surface area contributed by atoms with Crippen LogP contribution in [-0.2, 0) is 0 Å². The Balaban J connectivity index is 2.24. The van der Waals surface area contributed by atoms with Gasteiger partial charge in [0.05, 0.1) is 36.5 Å². The summed E-state index contributed by atoms with van der Waals surface area (Å²) in [5.74, 6) is 0.451. The van der Waals surface area contributed by atoms with Crippen LogP contribution in [0.3, 0.4) is 0 Å². The third kappa shape index (κ3) is 3.23. The van der Waals surface area contributed by atoms with Crippen LogP contribution in [0.25, 0.3) is 10.9 Å². The molecule has 2 N–H and O–H groups in total. The van der Waals surface area contributed by atoms with E-state index in [0.717, 1.165) is 0 Å². The van der Waals surface area contributed by atoms with Gasteiger partial charge >= 0.3 is 0 Å². The molecule has 0 fully saturated rings. The molecular formula is C18H14N4O5. The molecule has 0 aliphatic carbocycles. The molecule has 0 spiro atoms. The fourth-order valence-corrected chi connectivity index (χ4v) is 2.65. The van der Waals surface area contributed by atoms with Crippen LogP contribution in [0.4, 0.5) is 17.1 Å². The van der Waals surface area contributed by atoms with Crippen LogP contribution in [0.5, 0.6) is 17.2 Å². The monoisotopic (exact) mass is 366 g/mol. The van der Waals surface area contributed by atoms with Gasteiger partial charge < -0.3 is 19.9 Å². The fraction of sp³-hybridized carbons (Fsp3) is 0.111. The van der Waals surface area contributed by atoms with E-state index in [9.17, 15) is 20.5 Å². The summed E-state index contributed by atoms with van der Waals surface area (Å²) in [6.45, 7) is 0. The van der Waals surface area contributed by atoms with E-state index < -0.39 is 4.92 Å². The molecule has 9 heteroatoms. The number of phenols is 1. The predicted octanol–water partition coefficient (Wildman–Crippen LogP) is 3.48. The van der Waals surface area contributed by atoms with Crippen molar-refractivity contribution >= 4 is 28.0 Å². The molecule has 0 amide bonds. The number of nitrogens with zero attached hydrogens (tertiary/aromatic N) is 3. The molecular weight excluding hydrogens is 352 g/mol. The lowest BCUT2D eigenvalue weighted by atomic mass is 10.1. The first-order valence-electron chi connectivity index (χ1n) is 7.67. The van der Waals surface area contributed by atoms with Gasteiger partial charge in [0, 0.05) is 23.3 Å². The van der Waals surface area contributed by atoms with Gasteiger partial charge in [-0.1, -0.05) is 0 Å². The van der Waals surface area contributed by atoms with Crippen molar-refractivity contribution in [2.24, 2.45) is 0 Å². The normalized spacial score (nSPS) is 10.3. The van der Waals surface area contributed by atoms with E-state index >= 15 is 0 Å². The van der Waals surface area contributed by atoms with Crippen molar-refractivity contribution in [1.82, 2.24) is 4.98 Å². The number of benzene rings is 2. The summed E-state index contributed by atoms with van der Waals surface area (Å²) < 4.78 is 10.1. The molecule has 0 atom stereocenters. The number of nitrogens with one attached hydrogen (secondary N) is 1. The topological polar surface area (TPSA) is 131 Å². The molecule has 3 rings (SSSR count). The molecule has 0 bridgehead atoms. The lowest BCUT2D eigenvalue weighted by Gasteiger charge is -2.13. The Kier molecular flexibility index (Phi) is 4.64. The summed E-state index contributed by atoms with van der Waals surface area (Å²) in [6.07, 6.45) is 1.26. The number of pyridine rings is 1. The number of aromatic hydroxyl groups is 1. The van der Waals surface area contributed by atoms with E-state index in [4.69, 9.17) is 9.47 Å². The minimum Gasteiger partial charge on any atom is -0.504 e.